The summed E-state index contributed by atoms with van der Waals surface area (Å²) in [4.78, 5) is 8.94. The molecule has 2 aromatic rings. The molecule has 2 aliphatic rings. The van der Waals surface area contributed by atoms with E-state index in [2.05, 4.69) is 38.1 Å². The van der Waals surface area contributed by atoms with Crippen LogP contribution in [0.25, 0.3) is 0 Å². The average molecular weight is 313 g/mol. The molecule has 0 spiro atoms. The lowest BCUT2D eigenvalue weighted by Gasteiger charge is -2.44. The monoisotopic (exact) mass is 313 g/mol. The van der Waals surface area contributed by atoms with Gasteiger partial charge in [0.25, 0.3) is 0 Å². The lowest BCUT2D eigenvalue weighted by atomic mass is 9.96. The van der Waals surface area contributed by atoms with Crippen LogP contribution >= 0.6 is 0 Å². The van der Waals surface area contributed by atoms with Gasteiger partial charge in [0, 0.05) is 25.7 Å². The molecular weight excluding hydrogens is 290 g/mol. The van der Waals surface area contributed by atoms with Crippen LogP contribution in [0.2, 0.25) is 0 Å². The second-order valence-corrected chi connectivity index (χ2v) is 6.71. The number of anilines is 1. The molecule has 1 saturated heterocycles. The van der Waals surface area contributed by atoms with Crippen molar-refractivity contribution in [2.24, 2.45) is 0 Å². The largest absolute Gasteiger partial charge is 0.448 e. The molecule has 0 radical (unpaired) electrons. The van der Waals surface area contributed by atoms with Crippen LogP contribution in [0.4, 0.5) is 5.82 Å². The quantitative estimate of drug-likeness (QED) is 0.860. The fourth-order valence-electron chi connectivity index (χ4n) is 3.40. The van der Waals surface area contributed by atoms with Crippen molar-refractivity contribution in [1.29, 1.82) is 0 Å². The molecule has 0 aromatic carbocycles. The van der Waals surface area contributed by atoms with Gasteiger partial charge < -0.3 is 9.32 Å². The highest BCUT2D eigenvalue weighted by molar-refractivity contribution is 5.45. The third-order valence-electron chi connectivity index (χ3n) is 5.11. The number of likely N-dealkylation sites (N-methyl/N-ethyl adjacent to an activating group) is 1. The number of hydrogen-bond acceptors (Lipinski definition) is 6. The van der Waals surface area contributed by atoms with Crippen LogP contribution in [0, 0.1) is 6.92 Å². The molecule has 0 bridgehead atoms. The van der Waals surface area contributed by atoms with Crippen LogP contribution in [0.5, 0.6) is 0 Å². The Morgan fingerprint density at radius 3 is 2.87 bits per heavy atom. The van der Waals surface area contributed by atoms with Gasteiger partial charge in [-0.05, 0) is 51.3 Å². The maximum absolute atomic E-state index is 5.27. The van der Waals surface area contributed by atoms with Crippen LogP contribution in [0.3, 0.4) is 0 Å². The minimum absolute atomic E-state index is 0.531. The molecule has 6 heteroatoms. The Kier molecular flexibility index (Phi) is 3.77. The van der Waals surface area contributed by atoms with E-state index in [4.69, 9.17) is 4.42 Å². The van der Waals surface area contributed by atoms with E-state index in [1.807, 2.05) is 6.92 Å². The second-order valence-electron chi connectivity index (χ2n) is 6.71. The Bertz CT molecular complexity index is 692. The van der Waals surface area contributed by atoms with Gasteiger partial charge in [0.2, 0.25) is 0 Å². The number of nitrogens with zero attached hydrogens (tertiary/aromatic N) is 5. The van der Waals surface area contributed by atoms with Crippen LogP contribution < -0.4 is 4.90 Å². The maximum atomic E-state index is 5.27. The summed E-state index contributed by atoms with van der Waals surface area (Å²) in [5.74, 6) is 1.95. The van der Waals surface area contributed by atoms with E-state index in [0.717, 1.165) is 49.7 Å². The van der Waals surface area contributed by atoms with Crippen LogP contribution in [0.15, 0.2) is 16.9 Å². The Labute approximate surface area is 136 Å². The first kappa shape index (κ1) is 14.6. The highest BCUT2D eigenvalue weighted by atomic mass is 16.3. The number of oxazole rings is 1. The summed E-state index contributed by atoms with van der Waals surface area (Å²) in [5, 5.41) is 8.86. The molecule has 0 saturated carbocycles. The summed E-state index contributed by atoms with van der Waals surface area (Å²) in [6.45, 7) is 4.80. The van der Waals surface area contributed by atoms with Crippen molar-refractivity contribution < 1.29 is 4.42 Å². The minimum atomic E-state index is 0.531. The molecule has 0 N–H and O–H groups in total. The number of aromatic nitrogens is 3. The molecule has 1 aliphatic heterocycles. The normalized spacial score (nSPS) is 18.1. The third kappa shape index (κ3) is 2.83. The van der Waals surface area contributed by atoms with Gasteiger partial charge in [-0.2, -0.15) is 5.10 Å². The molecular formula is C17H23N5O. The predicted molar refractivity (Wildman–Crippen MR) is 87.4 cm³/mol. The molecule has 0 unspecified atom stereocenters. The van der Waals surface area contributed by atoms with Gasteiger partial charge in [-0.1, -0.05) is 0 Å². The standard InChI is InChI=1S/C17H23N5O/c1-12-16(18-11-23-12)10-21(2)14-8-22(9-14)17-7-13-5-3-4-6-15(13)19-20-17/h7,11,14H,3-6,8-10H2,1-2H3. The van der Waals surface area contributed by atoms with Crippen molar-refractivity contribution in [3.8, 4) is 0 Å². The van der Waals surface area contributed by atoms with Gasteiger partial charge in [-0.3, -0.25) is 4.90 Å². The number of aryl methyl sites for hydroxylation is 3. The van der Waals surface area contributed by atoms with Gasteiger partial charge in [0.1, 0.15) is 5.76 Å². The van der Waals surface area contributed by atoms with Crippen molar-refractivity contribution in [2.75, 3.05) is 25.0 Å². The van der Waals surface area contributed by atoms with Crippen molar-refractivity contribution in [2.45, 2.75) is 45.2 Å². The third-order valence-corrected chi connectivity index (χ3v) is 5.11. The SMILES string of the molecule is Cc1ocnc1CN(C)C1CN(c2cc3c(nn2)CCCC3)C1. The van der Waals surface area contributed by atoms with Gasteiger partial charge >= 0.3 is 0 Å². The van der Waals surface area contributed by atoms with E-state index in [1.54, 1.807) is 0 Å². The molecule has 6 nitrogen and oxygen atoms in total. The van der Waals surface area contributed by atoms with Gasteiger partial charge in [-0.15, -0.1) is 5.10 Å². The maximum Gasteiger partial charge on any atom is 0.181 e. The highest BCUT2D eigenvalue weighted by Gasteiger charge is 2.32. The number of hydrogen-bond donors (Lipinski definition) is 0. The smallest absolute Gasteiger partial charge is 0.181 e. The zero-order valence-electron chi connectivity index (χ0n) is 13.8. The van der Waals surface area contributed by atoms with E-state index >= 15 is 0 Å². The van der Waals surface area contributed by atoms with Crippen molar-refractivity contribution in [1.82, 2.24) is 20.1 Å². The summed E-state index contributed by atoms with van der Waals surface area (Å²) < 4.78 is 5.27. The van der Waals surface area contributed by atoms with E-state index in [1.165, 1.54) is 30.5 Å². The molecule has 0 amide bonds. The molecule has 23 heavy (non-hydrogen) atoms. The first-order valence-electron chi connectivity index (χ1n) is 8.40. The average Bonchev–Trinajstić information content (AvgIpc) is 2.91. The van der Waals surface area contributed by atoms with Gasteiger partial charge in [-0.25, -0.2) is 4.98 Å². The van der Waals surface area contributed by atoms with Crippen molar-refractivity contribution >= 4 is 5.82 Å². The number of fused-ring (bicyclic) bond motifs is 1. The Morgan fingerprint density at radius 2 is 2.09 bits per heavy atom. The minimum Gasteiger partial charge on any atom is -0.448 e. The second kappa shape index (κ2) is 5.92. The fourth-order valence-corrected chi connectivity index (χ4v) is 3.40. The van der Waals surface area contributed by atoms with Crippen LogP contribution in [0.1, 0.15) is 35.6 Å². The lowest BCUT2D eigenvalue weighted by Crippen LogP contribution is -2.58. The molecule has 3 heterocycles. The summed E-state index contributed by atoms with van der Waals surface area (Å²) in [5.41, 5.74) is 3.63. The Hall–Kier alpha value is -1.95. The van der Waals surface area contributed by atoms with E-state index in [0.29, 0.717) is 6.04 Å². The van der Waals surface area contributed by atoms with E-state index in [9.17, 15) is 0 Å². The molecule has 1 aliphatic carbocycles. The summed E-state index contributed by atoms with van der Waals surface area (Å²) in [7, 11) is 2.15. The van der Waals surface area contributed by atoms with Crippen molar-refractivity contribution in [3.63, 3.8) is 0 Å². The molecule has 2 aromatic heterocycles. The van der Waals surface area contributed by atoms with Crippen LogP contribution in [-0.2, 0) is 19.4 Å². The fraction of sp³-hybridized carbons (Fsp3) is 0.588. The van der Waals surface area contributed by atoms with Crippen molar-refractivity contribution in [3.05, 3.63) is 35.2 Å². The zero-order valence-corrected chi connectivity index (χ0v) is 13.8. The van der Waals surface area contributed by atoms with Gasteiger partial charge in [0.15, 0.2) is 12.2 Å². The van der Waals surface area contributed by atoms with E-state index in [-0.39, 0.29) is 0 Å². The summed E-state index contributed by atoms with van der Waals surface area (Å²) in [6, 6.07) is 2.78. The predicted octanol–water partition coefficient (Wildman–Crippen LogP) is 1.97. The first-order chi connectivity index (χ1) is 11.2. The molecule has 0 atom stereocenters. The number of rotatable bonds is 4. The highest BCUT2D eigenvalue weighted by Crippen LogP contribution is 2.26. The zero-order chi connectivity index (χ0) is 15.8. The lowest BCUT2D eigenvalue weighted by molar-refractivity contribution is 0.194. The topological polar surface area (TPSA) is 58.3 Å². The molecule has 1 fully saturated rings. The van der Waals surface area contributed by atoms with Gasteiger partial charge in [0.05, 0.1) is 11.4 Å². The van der Waals surface area contributed by atoms with E-state index < -0.39 is 0 Å². The summed E-state index contributed by atoms with van der Waals surface area (Å²) >= 11 is 0. The molecule has 4 rings (SSSR count). The Morgan fingerprint density at radius 1 is 1.26 bits per heavy atom. The Balaban J connectivity index is 1.36. The summed E-state index contributed by atoms with van der Waals surface area (Å²) in [6.07, 6.45) is 6.29. The first-order valence-corrected chi connectivity index (χ1v) is 8.40. The van der Waals surface area contributed by atoms with Crippen LogP contribution in [-0.4, -0.2) is 46.3 Å². The molecule has 122 valence electrons.